The lowest BCUT2D eigenvalue weighted by Gasteiger charge is -2.36. The smallest absolute Gasteiger partial charge is 0.190 e. The Labute approximate surface area is 154 Å². The zero-order valence-electron chi connectivity index (χ0n) is 16.0. The van der Waals surface area contributed by atoms with Gasteiger partial charge in [-0.05, 0) is 47.0 Å². The van der Waals surface area contributed by atoms with Gasteiger partial charge in [-0.25, -0.2) is 9.78 Å². The monoisotopic (exact) mass is 374 g/mol. The van der Waals surface area contributed by atoms with Crippen LogP contribution in [0.1, 0.15) is 47.0 Å². The summed E-state index contributed by atoms with van der Waals surface area (Å²) in [5.74, 6) is -1.43. The Balaban J connectivity index is 1.33. The van der Waals surface area contributed by atoms with E-state index in [0.717, 1.165) is 19.4 Å². The van der Waals surface area contributed by atoms with Gasteiger partial charge in [0, 0.05) is 6.61 Å². The van der Waals surface area contributed by atoms with Crippen molar-refractivity contribution in [2.24, 2.45) is 0 Å². The lowest BCUT2D eigenvalue weighted by molar-refractivity contribution is -0.338. The molecule has 4 fully saturated rings. The summed E-state index contributed by atoms with van der Waals surface area (Å²) >= 11 is 0. The summed E-state index contributed by atoms with van der Waals surface area (Å²) in [6, 6.07) is 0. The molecule has 0 N–H and O–H groups in total. The second kappa shape index (κ2) is 7.25. The van der Waals surface area contributed by atoms with Gasteiger partial charge in [0.05, 0.1) is 6.10 Å². The van der Waals surface area contributed by atoms with Crippen molar-refractivity contribution in [3.8, 4) is 0 Å². The van der Waals surface area contributed by atoms with Crippen LogP contribution >= 0.6 is 0 Å². The van der Waals surface area contributed by atoms with E-state index >= 15 is 0 Å². The fourth-order valence-electron chi connectivity index (χ4n) is 4.01. The Morgan fingerprint density at radius 3 is 2.27 bits per heavy atom. The van der Waals surface area contributed by atoms with Crippen LogP contribution in [0.5, 0.6) is 0 Å². The van der Waals surface area contributed by atoms with E-state index < -0.39 is 17.9 Å². The standard InChI is InChI=1S/C18H30O8/c1-17(2)23-13-12(10-21-20-9-11-7-5-6-8-19-11)22-16-15(14(13)24-17)25-18(3,4)26-16/h11-16H,5-10H2,1-4H3/t11?,12?,13-,14-,15?,16+/m0/s1. The minimum Gasteiger partial charge on any atom is -0.376 e. The minimum atomic E-state index is -0.722. The predicted octanol–water partition coefficient (Wildman–Crippen LogP) is 1.90. The number of hydrogen-bond acceptors (Lipinski definition) is 8. The lowest BCUT2D eigenvalue weighted by Crippen LogP contribution is -2.56. The molecule has 4 saturated heterocycles. The van der Waals surface area contributed by atoms with E-state index in [-0.39, 0.29) is 37.1 Å². The van der Waals surface area contributed by atoms with Crippen LogP contribution in [0.25, 0.3) is 0 Å². The topological polar surface area (TPSA) is 73.8 Å². The Bertz CT molecular complexity index is 490. The molecule has 6 atom stereocenters. The molecular formula is C18H30O8. The molecule has 0 radical (unpaired) electrons. The first-order chi connectivity index (χ1) is 12.3. The van der Waals surface area contributed by atoms with Gasteiger partial charge in [-0.3, -0.25) is 0 Å². The molecule has 0 amide bonds. The van der Waals surface area contributed by atoms with Gasteiger partial charge >= 0.3 is 0 Å². The van der Waals surface area contributed by atoms with Crippen molar-refractivity contribution >= 4 is 0 Å². The third-order valence-electron chi connectivity index (χ3n) is 5.09. The highest BCUT2D eigenvalue weighted by molar-refractivity contribution is 4.99. The highest BCUT2D eigenvalue weighted by Crippen LogP contribution is 2.44. The maximum absolute atomic E-state index is 6.07. The summed E-state index contributed by atoms with van der Waals surface area (Å²) in [6.45, 7) is 8.93. The second-order valence-electron chi connectivity index (χ2n) is 8.27. The van der Waals surface area contributed by atoms with Crippen molar-refractivity contribution < 1.29 is 38.2 Å². The van der Waals surface area contributed by atoms with Gasteiger partial charge in [0.15, 0.2) is 17.9 Å². The van der Waals surface area contributed by atoms with Crippen LogP contribution in [-0.4, -0.2) is 68.2 Å². The normalized spacial score (nSPS) is 43.8. The minimum absolute atomic E-state index is 0.102. The molecule has 8 nitrogen and oxygen atoms in total. The molecule has 3 unspecified atom stereocenters. The van der Waals surface area contributed by atoms with Gasteiger partial charge in [0.1, 0.15) is 37.6 Å². The second-order valence-corrected chi connectivity index (χ2v) is 8.27. The van der Waals surface area contributed by atoms with Crippen LogP contribution in [0, 0.1) is 0 Å². The summed E-state index contributed by atoms with van der Waals surface area (Å²) in [5.41, 5.74) is 0. The molecule has 150 valence electrons. The van der Waals surface area contributed by atoms with Crippen LogP contribution in [0.4, 0.5) is 0 Å². The molecule has 4 rings (SSSR count). The van der Waals surface area contributed by atoms with E-state index in [0.29, 0.717) is 6.61 Å². The number of fused-ring (bicyclic) bond motifs is 3. The van der Waals surface area contributed by atoms with E-state index in [1.165, 1.54) is 6.42 Å². The van der Waals surface area contributed by atoms with Crippen LogP contribution < -0.4 is 0 Å². The van der Waals surface area contributed by atoms with Crippen LogP contribution in [-0.2, 0) is 38.2 Å². The van der Waals surface area contributed by atoms with Gasteiger partial charge < -0.3 is 28.4 Å². The molecule has 0 spiro atoms. The molecule has 0 aromatic heterocycles. The first-order valence-electron chi connectivity index (χ1n) is 9.56. The molecule has 0 aromatic carbocycles. The molecular weight excluding hydrogens is 344 g/mol. The molecule has 4 aliphatic heterocycles. The molecule has 0 aliphatic carbocycles. The largest absolute Gasteiger partial charge is 0.376 e. The quantitative estimate of drug-likeness (QED) is 0.410. The van der Waals surface area contributed by atoms with Crippen molar-refractivity contribution in [2.45, 2.75) is 95.3 Å². The van der Waals surface area contributed by atoms with E-state index in [1.807, 2.05) is 27.7 Å². The van der Waals surface area contributed by atoms with Crippen LogP contribution in [0.15, 0.2) is 0 Å². The molecule has 0 saturated carbocycles. The SMILES string of the molecule is CC1(C)OC2[C@H](OC(COOCC3CCCCO3)[C@@H]3OC(C)(C)O[C@H]23)O1. The van der Waals surface area contributed by atoms with Gasteiger partial charge in [-0.2, -0.15) is 0 Å². The number of ether oxygens (including phenoxy) is 6. The molecule has 4 heterocycles. The number of hydrogen-bond donors (Lipinski definition) is 0. The summed E-state index contributed by atoms with van der Waals surface area (Å²) in [6.07, 6.45) is 1.59. The molecule has 8 heteroatoms. The third kappa shape index (κ3) is 4.07. The van der Waals surface area contributed by atoms with Crippen molar-refractivity contribution in [3.05, 3.63) is 0 Å². The zero-order valence-corrected chi connectivity index (χ0v) is 16.0. The Morgan fingerprint density at radius 1 is 0.808 bits per heavy atom. The summed E-state index contributed by atoms with van der Waals surface area (Å²) in [5, 5.41) is 0. The zero-order chi connectivity index (χ0) is 18.4. The van der Waals surface area contributed by atoms with Crippen molar-refractivity contribution in [2.75, 3.05) is 19.8 Å². The highest BCUT2D eigenvalue weighted by atomic mass is 17.2. The Hall–Kier alpha value is -0.320. The van der Waals surface area contributed by atoms with E-state index in [4.69, 9.17) is 38.2 Å². The van der Waals surface area contributed by atoms with Gasteiger partial charge in [-0.1, -0.05) is 0 Å². The first-order valence-corrected chi connectivity index (χ1v) is 9.56. The number of rotatable bonds is 5. The van der Waals surface area contributed by atoms with Gasteiger partial charge in [0.2, 0.25) is 0 Å². The summed E-state index contributed by atoms with van der Waals surface area (Å²) in [4.78, 5) is 10.8. The lowest BCUT2D eigenvalue weighted by atomic mass is 9.99. The van der Waals surface area contributed by atoms with Crippen molar-refractivity contribution in [3.63, 3.8) is 0 Å². The molecule has 26 heavy (non-hydrogen) atoms. The molecule has 4 aliphatic rings. The predicted molar refractivity (Wildman–Crippen MR) is 88.0 cm³/mol. The van der Waals surface area contributed by atoms with Crippen molar-refractivity contribution in [1.29, 1.82) is 0 Å². The third-order valence-corrected chi connectivity index (χ3v) is 5.09. The maximum Gasteiger partial charge on any atom is 0.190 e. The van der Waals surface area contributed by atoms with E-state index in [9.17, 15) is 0 Å². The average molecular weight is 374 g/mol. The summed E-state index contributed by atoms with van der Waals surface area (Å²) in [7, 11) is 0. The van der Waals surface area contributed by atoms with Crippen LogP contribution in [0.2, 0.25) is 0 Å². The summed E-state index contributed by atoms with van der Waals surface area (Å²) < 4.78 is 35.6. The molecule has 0 aromatic rings. The fraction of sp³-hybridized carbons (Fsp3) is 1.00. The average Bonchev–Trinajstić information content (AvgIpc) is 3.06. The first kappa shape index (κ1) is 19.0. The fourth-order valence-corrected chi connectivity index (χ4v) is 4.01. The maximum atomic E-state index is 6.07. The Morgan fingerprint density at radius 2 is 1.50 bits per heavy atom. The van der Waals surface area contributed by atoms with Gasteiger partial charge in [0.25, 0.3) is 0 Å². The van der Waals surface area contributed by atoms with E-state index in [1.54, 1.807) is 0 Å². The highest BCUT2D eigenvalue weighted by Gasteiger charge is 2.60. The Kier molecular flexibility index (Phi) is 5.31. The molecule has 0 bridgehead atoms. The van der Waals surface area contributed by atoms with Crippen molar-refractivity contribution in [1.82, 2.24) is 0 Å². The van der Waals surface area contributed by atoms with E-state index in [2.05, 4.69) is 0 Å². The van der Waals surface area contributed by atoms with Crippen LogP contribution in [0.3, 0.4) is 0 Å². The van der Waals surface area contributed by atoms with Gasteiger partial charge in [-0.15, -0.1) is 0 Å².